The van der Waals surface area contributed by atoms with E-state index in [4.69, 9.17) is 0 Å². The third kappa shape index (κ3) is 3.87. The zero-order chi connectivity index (χ0) is 18.6. The number of aryl methyl sites for hydroxylation is 1. The minimum atomic E-state index is 0.0781. The van der Waals surface area contributed by atoms with Crippen molar-refractivity contribution in [1.82, 2.24) is 10.2 Å². The van der Waals surface area contributed by atoms with Crippen LogP contribution in [0.5, 0.6) is 0 Å². The Kier molecular flexibility index (Phi) is 4.92. The van der Waals surface area contributed by atoms with E-state index in [9.17, 15) is 4.79 Å². The van der Waals surface area contributed by atoms with Crippen molar-refractivity contribution >= 4 is 17.3 Å². The fraction of sp³-hybridized carbons (Fsp3) is 0.273. The highest BCUT2D eigenvalue weighted by molar-refractivity contribution is 5.92. The molecule has 1 saturated heterocycles. The number of hydrogen-bond acceptors (Lipinski definition) is 3. The topological polar surface area (TPSA) is 61.0 Å². The number of amides is 1. The molecule has 1 aliphatic rings. The summed E-state index contributed by atoms with van der Waals surface area (Å²) in [5.41, 5.74) is 5.46. The summed E-state index contributed by atoms with van der Waals surface area (Å²) in [4.78, 5) is 14.8. The number of para-hydroxylation sites is 1. The number of anilines is 2. The maximum absolute atomic E-state index is 12.5. The van der Waals surface area contributed by atoms with E-state index in [1.165, 1.54) is 11.3 Å². The van der Waals surface area contributed by atoms with Crippen LogP contribution in [0.15, 0.2) is 60.8 Å². The predicted octanol–water partition coefficient (Wildman–Crippen LogP) is 4.24. The minimum absolute atomic E-state index is 0.0781. The van der Waals surface area contributed by atoms with Crippen LogP contribution in [0.3, 0.4) is 0 Å². The molecular weight excluding hydrogens is 336 g/mol. The fourth-order valence-electron chi connectivity index (χ4n) is 3.66. The summed E-state index contributed by atoms with van der Waals surface area (Å²) in [5, 5.41) is 10.1. The Morgan fingerprint density at radius 1 is 1.07 bits per heavy atom. The van der Waals surface area contributed by atoms with Crippen molar-refractivity contribution in [2.75, 3.05) is 23.3 Å². The monoisotopic (exact) mass is 360 g/mol. The van der Waals surface area contributed by atoms with E-state index in [0.717, 1.165) is 42.9 Å². The van der Waals surface area contributed by atoms with Gasteiger partial charge in [-0.05, 0) is 49.6 Å². The third-order valence-electron chi connectivity index (χ3n) is 5.28. The molecule has 5 heteroatoms. The molecule has 2 N–H and O–H groups in total. The molecule has 138 valence electrons. The van der Waals surface area contributed by atoms with Gasteiger partial charge in [0, 0.05) is 41.6 Å². The van der Waals surface area contributed by atoms with Crippen molar-refractivity contribution < 1.29 is 4.79 Å². The molecule has 27 heavy (non-hydrogen) atoms. The number of nitrogens with one attached hydrogen (secondary N) is 2. The van der Waals surface area contributed by atoms with Gasteiger partial charge >= 0.3 is 0 Å². The summed E-state index contributed by atoms with van der Waals surface area (Å²) in [6, 6.07) is 18.3. The number of nitrogens with zero attached hydrogens (tertiary/aromatic N) is 2. The molecule has 4 rings (SSSR count). The first kappa shape index (κ1) is 17.3. The van der Waals surface area contributed by atoms with Crippen LogP contribution in [-0.2, 0) is 4.79 Å². The Morgan fingerprint density at radius 2 is 1.78 bits per heavy atom. The lowest BCUT2D eigenvalue weighted by molar-refractivity contribution is -0.120. The maximum Gasteiger partial charge on any atom is 0.227 e. The molecule has 0 radical (unpaired) electrons. The lowest BCUT2D eigenvalue weighted by atomic mass is 9.95. The Labute approximate surface area is 159 Å². The zero-order valence-corrected chi connectivity index (χ0v) is 15.5. The number of aromatic nitrogens is 2. The third-order valence-corrected chi connectivity index (χ3v) is 5.28. The van der Waals surface area contributed by atoms with Gasteiger partial charge in [0.1, 0.15) is 0 Å². The second-order valence-electron chi connectivity index (χ2n) is 7.07. The largest absolute Gasteiger partial charge is 0.371 e. The number of aromatic amines is 1. The van der Waals surface area contributed by atoms with Crippen LogP contribution in [-0.4, -0.2) is 29.2 Å². The van der Waals surface area contributed by atoms with Gasteiger partial charge in [0.2, 0.25) is 5.91 Å². The van der Waals surface area contributed by atoms with Crippen LogP contribution in [0.1, 0.15) is 18.5 Å². The number of H-pyrrole nitrogens is 1. The second kappa shape index (κ2) is 7.66. The number of carbonyl (C=O) groups excluding carboxylic acids is 1. The van der Waals surface area contributed by atoms with Crippen LogP contribution >= 0.6 is 0 Å². The van der Waals surface area contributed by atoms with E-state index in [1.807, 2.05) is 43.5 Å². The first-order valence-corrected chi connectivity index (χ1v) is 9.42. The molecule has 2 heterocycles. The van der Waals surface area contributed by atoms with Crippen LogP contribution in [0.2, 0.25) is 0 Å². The molecule has 0 spiro atoms. The van der Waals surface area contributed by atoms with E-state index in [2.05, 4.69) is 44.7 Å². The summed E-state index contributed by atoms with van der Waals surface area (Å²) in [7, 11) is 0. The van der Waals surface area contributed by atoms with Crippen molar-refractivity contribution in [2.45, 2.75) is 19.8 Å². The van der Waals surface area contributed by atoms with Gasteiger partial charge in [0.15, 0.2) is 0 Å². The van der Waals surface area contributed by atoms with E-state index in [-0.39, 0.29) is 11.8 Å². The van der Waals surface area contributed by atoms with Gasteiger partial charge in [0.25, 0.3) is 0 Å². The fourth-order valence-corrected chi connectivity index (χ4v) is 3.66. The number of hydrogen-bond donors (Lipinski definition) is 2. The predicted molar refractivity (Wildman–Crippen MR) is 109 cm³/mol. The van der Waals surface area contributed by atoms with Gasteiger partial charge in [-0.3, -0.25) is 9.89 Å². The highest BCUT2D eigenvalue weighted by Gasteiger charge is 2.25. The molecular formula is C22H24N4O. The van der Waals surface area contributed by atoms with Crippen molar-refractivity contribution in [3.63, 3.8) is 0 Å². The summed E-state index contributed by atoms with van der Waals surface area (Å²) in [6.07, 6.45) is 3.61. The van der Waals surface area contributed by atoms with Crippen molar-refractivity contribution in [2.24, 2.45) is 5.92 Å². The smallest absolute Gasteiger partial charge is 0.227 e. The lowest BCUT2D eigenvalue weighted by Crippen LogP contribution is -2.38. The van der Waals surface area contributed by atoms with E-state index < -0.39 is 0 Å². The molecule has 0 unspecified atom stereocenters. The normalized spacial score (nSPS) is 14.9. The Bertz CT molecular complexity index is 894. The minimum Gasteiger partial charge on any atom is -0.371 e. The zero-order valence-electron chi connectivity index (χ0n) is 15.5. The molecule has 1 amide bonds. The summed E-state index contributed by atoms with van der Waals surface area (Å²) in [6.45, 7) is 3.83. The van der Waals surface area contributed by atoms with Crippen LogP contribution in [0.4, 0.5) is 11.4 Å². The van der Waals surface area contributed by atoms with Crippen molar-refractivity contribution in [3.05, 3.63) is 66.5 Å². The van der Waals surface area contributed by atoms with Gasteiger partial charge in [0.05, 0.1) is 6.20 Å². The molecule has 3 aromatic rings. The molecule has 5 nitrogen and oxygen atoms in total. The average Bonchev–Trinajstić information content (AvgIpc) is 3.15. The number of carbonyl (C=O) groups is 1. The summed E-state index contributed by atoms with van der Waals surface area (Å²) < 4.78 is 0. The van der Waals surface area contributed by atoms with Gasteiger partial charge in [-0.1, -0.05) is 30.3 Å². The molecule has 0 aliphatic carbocycles. The Balaban J connectivity index is 1.35. The molecule has 0 atom stereocenters. The molecule has 1 fully saturated rings. The molecule has 1 aromatic heterocycles. The SMILES string of the molecule is Cc1[nH]ncc1-c1ccc(N2CCC(C(=O)Nc3ccccc3)CC2)cc1. The van der Waals surface area contributed by atoms with E-state index in [0.29, 0.717) is 0 Å². The average molecular weight is 360 g/mol. The number of rotatable bonds is 4. The van der Waals surface area contributed by atoms with E-state index >= 15 is 0 Å². The van der Waals surface area contributed by atoms with Gasteiger partial charge in [-0.2, -0.15) is 5.10 Å². The summed E-state index contributed by atoms with van der Waals surface area (Å²) >= 11 is 0. The van der Waals surface area contributed by atoms with Gasteiger partial charge in [-0.15, -0.1) is 0 Å². The lowest BCUT2D eigenvalue weighted by Gasteiger charge is -2.33. The van der Waals surface area contributed by atoms with Crippen LogP contribution < -0.4 is 10.2 Å². The molecule has 0 saturated carbocycles. The van der Waals surface area contributed by atoms with E-state index in [1.54, 1.807) is 0 Å². The summed E-state index contributed by atoms with van der Waals surface area (Å²) in [5.74, 6) is 0.209. The maximum atomic E-state index is 12.5. The second-order valence-corrected chi connectivity index (χ2v) is 7.07. The highest BCUT2D eigenvalue weighted by Crippen LogP contribution is 2.28. The Morgan fingerprint density at radius 3 is 2.41 bits per heavy atom. The van der Waals surface area contributed by atoms with Crippen molar-refractivity contribution in [3.8, 4) is 11.1 Å². The van der Waals surface area contributed by atoms with Gasteiger partial charge < -0.3 is 10.2 Å². The number of piperidine rings is 1. The van der Waals surface area contributed by atoms with Gasteiger partial charge in [-0.25, -0.2) is 0 Å². The number of benzene rings is 2. The Hall–Kier alpha value is -3.08. The standard InChI is InChI=1S/C22H24N4O/c1-16-21(15-23-25-16)17-7-9-20(10-8-17)26-13-11-18(12-14-26)22(27)24-19-5-3-2-4-6-19/h2-10,15,18H,11-14H2,1H3,(H,23,25)(H,24,27). The first-order valence-electron chi connectivity index (χ1n) is 9.42. The van der Waals surface area contributed by atoms with Crippen LogP contribution in [0, 0.1) is 12.8 Å². The molecule has 0 bridgehead atoms. The molecule has 2 aromatic carbocycles. The first-order chi connectivity index (χ1) is 13.2. The highest BCUT2D eigenvalue weighted by atomic mass is 16.1. The molecule has 1 aliphatic heterocycles. The quantitative estimate of drug-likeness (QED) is 0.731. The van der Waals surface area contributed by atoms with Crippen LogP contribution in [0.25, 0.3) is 11.1 Å². The van der Waals surface area contributed by atoms with Crippen molar-refractivity contribution in [1.29, 1.82) is 0 Å².